The normalized spacial score (nSPS) is 11.0. The molecule has 0 unspecified atom stereocenters. The van der Waals surface area contributed by atoms with Gasteiger partial charge >= 0.3 is 163 Å². The van der Waals surface area contributed by atoms with E-state index in [4.69, 9.17) is 0 Å². The zero-order chi connectivity index (χ0) is 22.2. The molecule has 0 heterocycles. The first-order valence-electron chi connectivity index (χ1n) is 6.51. The molecule has 0 amide bonds. The molecule has 29 heavy (non-hydrogen) atoms. The van der Waals surface area contributed by atoms with Crippen LogP contribution in [-0.2, 0) is 6.13 Å². The first-order valence-corrected chi connectivity index (χ1v) is 8.28. The summed E-state index contributed by atoms with van der Waals surface area (Å²) < 4.78 is 139. The van der Waals surface area contributed by atoms with Gasteiger partial charge in [-0.25, -0.2) is 0 Å². The van der Waals surface area contributed by atoms with Gasteiger partial charge in [0, 0.05) is 0 Å². The summed E-state index contributed by atoms with van der Waals surface area (Å²) in [7, 11) is 0. The molecule has 0 atom stereocenters. The summed E-state index contributed by atoms with van der Waals surface area (Å²) in [6.45, 7) is 0. The average molecular weight is 549 g/mol. The molecule has 0 aliphatic carbocycles. The van der Waals surface area contributed by atoms with E-state index in [-0.39, 0.29) is 0 Å². The number of rotatable bonds is 4. The third-order valence-corrected chi connectivity index (χ3v) is 4.19. The van der Waals surface area contributed by atoms with Crippen molar-refractivity contribution in [2.24, 2.45) is 0 Å². The Kier molecular flexibility index (Phi) is 6.59. The zero-order valence-corrected chi connectivity index (χ0v) is 14.9. The Morgan fingerprint density at radius 1 is 0.448 bits per heavy atom. The predicted octanol–water partition coefficient (Wildman–Crippen LogP) is 1.01. The van der Waals surface area contributed by atoms with Crippen molar-refractivity contribution in [2.45, 2.75) is 0 Å². The summed E-state index contributed by atoms with van der Waals surface area (Å²) in [5.74, 6) is -29.9. The summed E-state index contributed by atoms with van der Waals surface area (Å²) >= 11 is -2.86. The Hall–Kier alpha value is -2.59. The molecule has 0 aliphatic heterocycles. The van der Waals surface area contributed by atoms with Gasteiger partial charge in [0.2, 0.25) is 0 Å². The van der Waals surface area contributed by atoms with Crippen molar-refractivity contribution in [1.29, 1.82) is 0 Å². The van der Waals surface area contributed by atoms with E-state index in [0.717, 1.165) is 0 Å². The Bertz CT molecular complexity index is 903. The van der Waals surface area contributed by atoms with Crippen molar-refractivity contribution in [1.82, 2.24) is 0 Å². The fourth-order valence-electron chi connectivity index (χ4n) is 1.72. The number of carbonyl (C=O) groups excluding carboxylic acids is 2. The second-order valence-electron chi connectivity index (χ2n) is 4.68. The average Bonchev–Trinajstić information content (AvgIpc) is 2.68. The van der Waals surface area contributed by atoms with Gasteiger partial charge in [-0.05, 0) is 0 Å². The minimum atomic E-state index is -2.86. The summed E-state index contributed by atoms with van der Waals surface area (Å²) in [6.07, 6.45) is 0. The second kappa shape index (κ2) is 8.42. The van der Waals surface area contributed by atoms with Crippen LogP contribution in [0.4, 0.5) is 43.9 Å². The van der Waals surface area contributed by atoms with Gasteiger partial charge in [-0.1, -0.05) is 0 Å². The standard InChI is InChI=1S/C14F10IO4/c15-3-1(4(16)8(20)11(23)7(3)19)13(26)28-25-29-14(27)2-5(17)9(21)12(24)10(22)6(2)18/q-1. The molecular weight excluding hydrogens is 549 g/mol. The Labute approximate surface area is 163 Å². The van der Waals surface area contributed by atoms with Gasteiger partial charge in [-0.3, -0.25) is 0 Å². The van der Waals surface area contributed by atoms with Crippen LogP contribution in [0.3, 0.4) is 0 Å². The topological polar surface area (TPSA) is 52.6 Å². The molecule has 0 N–H and O–H groups in total. The maximum atomic E-state index is 13.4. The van der Waals surface area contributed by atoms with E-state index in [9.17, 15) is 53.5 Å². The van der Waals surface area contributed by atoms with Crippen LogP contribution in [0.2, 0.25) is 0 Å². The van der Waals surface area contributed by atoms with Gasteiger partial charge < -0.3 is 0 Å². The number of hydrogen-bond acceptors (Lipinski definition) is 4. The molecule has 0 saturated carbocycles. The summed E-state index contributed by atoms with van der Waals surface area (Å²) in [5.41, 5.74) is -4.12. The molecule has 15 heteroatoms. The quantitative estimate of drug-likeness (QED) is 0.248. The fourth-order valence-corrected chi connectivity index (χ4v) is 2.58. The predicted molar refractivity (Wildman–Crippen MR) is 63.3 cm³/mol. The first kappa shape index (κ1) is 22.7. The van der Waals surface area contributed by atoms with Gasteiger partial charge in [0.15, 0.2) is 0 Å². The van der Waals surface area contributed by atoms with Crippen molar-refractivity contribution in [3.05, 3.63) is 69.3 Å². The van der Waals surface area contributed by atoms with E-state index < -0.39 is 103 Å². The van der Waals surface area contributed by atoms with Gasteiger partial charge in [-0.2, -0.15) is 0 Å². The van der Waals surface area contributed by atoms with Crippen molar-refractivity contribution < 1.29 is 81.7 Å². The van der Waals surface area contributed by atoms with Crippen molar-refractivity contribution >= 4 is 11.9 Å². The molecule has 0 aliphatic rings. The summed E-state index contributed by atoms with van der Waals surface area (Å²) in [5, 5.41) is 0. The molecule has 4 nitrogen and oxygen atoms in total. The van der Waals surface area contributed by atoms with Crippen LogP contribution < -0.4 is 22.0 Å². The van der Waals surface area contributed by atoms with Gasteiger partial charge in [-0.15, -0.1) is 0 Å². The monoisotopic (exact) mass is 549 g/mol. The van der Waals surface area contributed by atoms with Crippen LogP contribution in [0.5, 0.6) is 0 Å². The number of hydrogen-bond donors (Lipinski definition) is 0. The van der Waals surface area contributed by atoms with Crippen molar-refractivity contribution in [3.63, 3.8) is 0 Å². The third-order valence-electron chi connectivity index (χ3n) is 3.03. The van der Waals surface area contributed by atoms with E-state index in [2.05, 4.69) is 6.13 Å². The second-order valence-corrected chi connectivity index (χ2v) is 5.92. The van der Waals surface area contributed by atoms with Crippen LogP contribution >= 0.6 is 0 Å². The Balaban J connectivity index is 2.20. The molecule has 0 aromatic heterocycles. The SMILES string of the molecule is O=C(O[I-]OC(=O)c1c(F)c(F)c(F)c(F)c1F)c1c(F)c(F)c(F)c(F)c1F. The van der Waals surface area contributed by atoms with E-state index in [0.29, 0.717) is 0 Å². The zero-order valence-electron chi connectivity index (χ0n) is 12.8. The van der Waals surface area contributed by atoms with Crippen LogP contribution in [0.1, 0.15) is 20.7 Å². The van der Waals surface area contributed by atoms with Crippen LogP contribution in [0.15, 0.2) is 0 Å². The molecule has 2 aromatic carbocycles. The third kappa shape index (κ3) is 3.95. The molecule has 0 saturated heterocycles. The summed E-state index contributed by atoms with van der Waals surface area (Å²) in [4.78, 5) is 22.9. The molecule has 0 bridgehead atoms. The van der Waals surface area contributed by atoms with E-state index in [1.165, 1.54) is 0 Å². The molecular formula is C14F10IO4-. The van der Waals surface area contributed by atoms with Crippen molar-refractivity contribution in [3.8, 4) is 0 Å². The summed E-state index contributed by atoms with van der Waals surface area (Å²) in [6, 6.07) is 0. The van der Waals surface area contributed by atoms with E-state index in [1.54, 1.807) is 0 Å². The van der Waals surface area contributed by atoms with E-state index in [1.807, 2.05) is 0 Å². The van der Waals surface area contributed by atoms with Gasteiger partial charge in [0.1, 0.15) is 0 Å². The number of benzene rings is 2. The maximum absolute atomic E-state index is 13.4. The Morgan fingerprint density at radius 3 is 0.897 bits per heavy atom. The van der Waals surface area contributed by atoms with Crippen LogP contribution in [-0.4, -0.2) is 11.9 Å². The molecule has 158 valence electrons. The van der Waals surface area contributed by atoms with E-state index >= 15 is 0 Å². The number of carbonyl (C=O) groups is 2. The van der Waals surface area contributed by atoms with Crippen LogP contribution in [0.25, 0.3) is 0 Å². The molecule has 0 fully saturated rings. The Morgan fingerprint density at radius 2 is 0.655 bits per heavy atom. The molecule has 0 spiro atoms. The van der Waals surface area contributed by atoms with Gasteiger partial charge in [0.25, 0.3) is 0 Å². The molecule has 0 radical (unpaired) electrons. The molecule has 2 rings (SSSR count). The van der Waals surface area contributed by atoms with Crippen molar-refractivity contribution in [2.75, 3.05) is 0 Å². The van der Waals surface area contributed by atoms with Crippen LogP contribution in [0, 0.1) is 58.2 Å². The molecule has 2 aromatic rings. The first-order chi connectivity index (χ1) is 13.4. The van der Waals surface area contributed by atoms with Gasteiger partial charge in [0.05, 0.1) is 0 Å². The fraction of sp³-hybridized carbons (Fsp3) is 0. The minimum absolute atomic E-state index is 2.06. The number of halogens is 11.